The van der Waals surface area contributed by atoms with Gasteiger partial charge in [-0.3, -0.25) is 9.59 Å². The lowest BCUT2D eigenvalue weighted by atomic mass is 9.98. The van der Waals surface area contributed by atoms with E-state index in [1.807, 2.05) is 12.1 Å². The summed E-state index contributed by atoms with van der Waals surface area (Å²) in [7, 11) is 0. The van der Waals surface area contributed by atoms with Crippen LogP contribution < -0.4 is 15.8 Å². The molecule has 8 nitrogen and oxygen atoms in total. The van der Waals surface area contributed by atoms with E-state index in [0.29, 0.717) is 23.5 Å². The van der Waals surface area contributed by atoms with Gasteiger partial charge in [0.2, 0.25) is 5.95 Å². The lowest BCUT2D eigenvalue weighted by Gasteiger charge is -2.32. The predicted molar refractivity (Wildman–Crippen MR) is 102 cm³/mol. The van der Waals surface area contributed by atoms with E-state index in [1.165, 1.54) is 0 Å². The summed E-state index contributed by atoms with van der Waals surface area (Å²) in [6.45, 7) is 2.16. The first kappa shape index (κ1) is 17.1. The Hall–Kier alpha value is -3.29. The number of piperidine rings is 1. The van der Waals surface area contributed by atoms with Gasteiger partial charge in [0.1, 0.15) is 0 Å². The Morgan fingerprint density at radius 2 is 2.04 bits per heavy atom. The molecule has 4 rings (SSSR count). The molecule has 27 heavy (non-hydrogen) atoms. The molecule has 3 heterocycles. The molecule has 0 bridgehead atoms. The number of aromatic nitrogens is 4. The van der Waals surface area contributed by atoms with Crippen LogP contribution in [-0.4, -0.2) is 45.5 Å². The van der Waals surface area contributed by atoms with Gasteiger partial charge in [-0.15, -0.1) is 0 Å². The van der Waals surface area contributed by atoms with Crippen molar-refractivity contribution in [1.82, 2.24) is 25.3 Å². The number of hydrogen-bond donors (Lipinski definition) is 2. The standard InChI is InChI=1S/C19H20N6O2/c26-17(16-18(27)24-15-7-2-1-6-14(15)23-16)22-11-13-5-3-10-25(12-13)19-20-8-4-9-21-19/h1-2,4,6-9,13H,3,5,10-12H2,(H,22,26)(H,24,27)/t13-/m0/s1. The van der Waals surface area contributed by atoms with Crippen molar-refractivity contribution < 1.29 is 4.79 Å². The third kappa shape index (κ3) is 3.79. The van der Waals surface area contributed by atoms with Crippen LogP contribution in [0.4, 0.5) is 5.95 Å². The third-order valence-electron chi connectivity index (χ3n) is 4.72. The monoisotopic (exact) mass is 364 g/mol. The number of benzene rings is 1. The van der Waals surface area contributed by atoms with Crippen LogP contribution in [0.5, 0.6) is 0 Å². The Morgan fingerprint density at radius 1 is 1.22 bits per heavy atom. The highest BCUT2D eigenvalue weighted by Gasteiger charge is 2.23. The number of para-hydroxylation sites is 2. The van der Waals surface area contributed by atoms with Crippen molar-refractivity contribution in [2.24, 2.45) is 5.92 Å². The lowest BCUT2D eigenvalue weighted by molar-refractivity contribution is 0.0939. The highest BCUT2D eigenvalue weighted by atomic mass is 16.2. The highest BCUT2D eigenvalue weighted by Crippen LogP contribution is 2.19. The van der Waals surface area contributed by atoms with Gasteiger partial charge in [0.25, 0.3) is 11.5 Å². The van der Waals surface area contributed by atoms with Crippen LogP contribution in [0.25, 0.3) is 11.0 Å². The van der Waals surface area contributed by atoms with Crippen molar-refractivity contribution in [2.45, 2.75) is 12.8 Å². The Balaban J connectivity index is 1.42. The number of rotatable bonds is 4. The molecule has 3 aromatic rings. The summed E-state index contributed by atoms with van der Waals surface area (Å²) in [6, 6.07) is 8.94. The molecule has 1 aliphatic heterocycles. The molecule has 0 unspecified atom stereocenters. The first-order valence-corrected chi connectivity index (χ1v) is 9.00. The molecule has 0 saturated carbocycles. The molecule has 138 valence electrons. The summed E-state index contributed by atoms with van der Waals surface area (Å²) < 4.78 is 0. The minimum absolute atomic E-state index is 0.104. The molecule has 1 amide bonds. The average molecular weight is 364 g/mol. The van der Waals surface area contributed by atoms with E-state index >= 15 is 0 Å². The van der Waals surface area contributed by atoms with Crippen molar-refractivity contribution in [3.8, 4) is 0 Å². The molecular weight excluding hydrogens is 344 g/mol. The normalized spacial score (nSPS) is 17.0. The molecule has 2 aromatic heterocycles. The number of nitrogens with zero attached hydrogens (tertiary/aromatic N) is 4. The summed E-state index contributed by atoms with van der Waals surface area (Å²) in [6.07, 6.45) is 5.47. The van der Waals surface area contributed by atoms with Gasteiger partial charge in [-0.25, -0.2) is 15.0 Å². The average Bonchev–Trinajstić information content (AvgIpc) is 2.72. The number of hydrogen-bond acceptors (Lipinski definition) is 6. The van der Waals surface area contributed by atoms with E-state index in [1.54, 1.807) is 30.6 Å². The third-order valence-corrected chi connectivity index (χ3v) is 4.72. The van der Waals surface area contributed by atoms with Crippen LogP contribution >= 0.6 is 0 Å². The molecule has 1 fully saturated rings. The zero-order valence-corrected chi connectivity index (χ0v) is 14.8. The van der Waals surface area contributed by atoms with Crippen LogP contribution in [0.1, 0.15) is 23.3 Å². The Kier molecular flexibility index (Phi) is 4.78. The van der Waals surface area contributed by atoms with Crippen molar-refractivity contribution in [3.63, 3.8) is 0 Å². The molecule has 1 aromatic carbocycles. The number of carbonyl (C=O) groups excluding carboxylic acids is 1. The molecule has 2 N–H and O–H groups in total. The molecule has 1 atom stereocenters. The largest absolute Gasteiger partial charge is 0.350 e. The smallest absolute Gasteiger partial charge is 0.280 e. The number of aromatic amines is 1. The molecule has 0 radical (unpaired) electrons. The van der Waals surface area contributed by atoms with E-state index in [9.17, 15) is 9.59 Å². The maximum absolute atomic E-state index is 12.5. The number of fused-ring (bicyclic) bond motifs is 1. The quantitative estimate of drug-likeness (QED) is 0.724. The minimum atomic E-state index is -0.478. The van der Waals surface area contributed by atoms with Crippen molar-refractivity contribution in [1.29, 1.82) is 0 Å². The van der Waals surface area contributed by atoms with Gasteiger partial charge in [-0.05, 0) is 37.0 Å². The van der Waals surface area contributed by atoms with Gasteiger partial charge in [0.15, 0.2) is 5.69 Å². The fraction of sp³-hybridized carbons (Fsp3) is 0.316. The van der Waals surface area contributed by atoms with Crippen molar-refractivity contribution in [3.05, 3.63) is 58.8 Å². The first-order chi connectivity index (χ1) is 13.2. The molecule has 1 saturated heterocycles. The summed E-state index contributed by atoms with van der Waals surface area (Å²) in [5.74, 6) is 0.530. The van der Waals surface area contributed by atoms with E-state index in [2.05, 4.69) is 30.2 Å². The second-order valence-corrected chi connectivity index (χ2v) is 6.64. The fourth-order valence-corrected chi connectivity index (χ4v) is 3.37. The molecule has 0 aliphatic carbocycles. The second kappa shape index (κ2) is 7.53. The summed E-state index contributed by atoms with van der Waals surface area (Å²) in [5.41, 5.74) is 0.624. The number of H-pyrrole nitrogens is 1. The second-order valence-electron chi connectivity index (χ2n) is 6.64. The highest BCUT2D eigenvalue weighted by molar-refractivity contribution is 5.93. The molecular formula is C19H20N6O2. The SMILES string of the molecule is O=C(NC[C@@H]1CCCN(c2ncccn2)C1)c1nc2ccccc2[nH]c1=O. The van der Waals surface area contributed by atoms with E-state index < -0.39 is 11.5 Å². The van der Waals surface area contributed by atoms with Gasteiger partial charge in [0.05, 0.1) is 11.0 Å². The molecule has 1 aliphatic rings. The van der Waals surface area contributed by atoms with Crippen LogP contribution in [0.15, 0.2) is 47.5 Å². The van der Waals surface area contributed by atoms with Gasteiger partial charge in [-0.1, -0.05) is 12.1 Å². The summed E-state index contributed by atoms with van der Waals surface area (Å²) >= 11 is 0. The van der Waals surface area contributed by atoms with E-state index in [0.717, 1.165) is 25.9 Å². The van der Waals surface area contributed by atoms with Crippen molar-refractivity contribution >= 4 is 22.9 Å². The van der Waals surface area contributed by atoms with Gasteiger partial charge >= 0.3 is 0 Å². The maximum Gasteiger partial charge on any atom is 0.280 e. The zero-order chi connectivity index (χ0) is 18.6. The number of carbonyl (C=O) groups is 1. The van der Waals surface area contributed by atoms with Crippen LogP contribution in [-0.2, 0) is 0 Å². The predicted octanol–water partition coefficient (Wildman–Crippen LogP) is 1.36. The van der Waals surface area contributed by atoms with E-state index in [4.69, 9.17) is 0 Å². The van der Waals surface area contributed by atoms with Gasteiger partial charge < -0.3 is 15.2 Å². The minimum Gasteiger partial charge on any atom is -0.350 e. The van der Waals surface area contributed by atoms with Gasteiger partial charge in [0, 0.05) is 32.0 Å². The summed E-state index contributed by atoms with van der Waals surface area (Å²) in [5, 5.41) is 2.86. The van der Waals surface area contributed by atoms with E-state index in [-0.39, 0.29) is 11.6 Å². The Labute approximate surface area is 155 Å². The maximum atomic E-state index is 12.5. The number of anilines is 1. The topological polar surface area (TPSA) is 104 Å². The van der Waals surface area contributed by atoms with Crippen LogP contribution in [0.2, 0.25) is 0 Å². The van der Waals surface area contributed by atoms with Crippen LogP contribution in [0, 0.1) is 5.92 Å². The molecule has 8 heteroatoms. The summed E-state index contributed by atoms with van der Waals surface area (Å²) in [4.78, 5) is 42.3. The lowest BCUT2D eigenvalue weighted by Crippen LogP contribution is -2.42. The van der Waals surface area contributed by atoms with Gasteiger partial charge in [-0.2, -0.15) is 0 Å². The Morgan fingerprint density at radius 3 is 2.89 bits per heavy atom. The Bertz CT molecular complexity index is 1000. The first-order valence-electron chi connectivity index (χ1n) is 9.00. The number of nitrogens with one attached hydrogen (secondary N) is 2. The van der Waals surface area contributed by atoms with Crippen LogP contribution in [0.3, 0.4) is 0 Å². The fourth-order valence-electron chi connectivity index (χ4n) is 3.37. The van der Waals surface area contributed by atoms with Crippen molar-refractivity contribution in [2.75, 3.05) is 24.5 Å². The zero-order valence-electron chi connectivity index (χ0n) is 14.8. The number of amides is 1. The molecule has 0 spiro atoms.